The van der Waals surface area contributed by atoms with E-state index in [4.69, 9.17) is 4.74 Å². The van der Waals surface area contributed by atoms with E-state index in [1.54, 1.807) is 6.07 Å². The first-order chi connectivity index (χ1) is 9.67. The molecule has 0 aliphatic heterocycles. The molecule has 120 valence electrons. The Morgan fingerprint density at radius 3 is 2.10 bits per heavy atom. The fraction of sp³-hybridized carbons (Fsp3) is 0.538. The van der Waals surface area contributed by atoms with Crippen molar-refractivity contribution in [1.82, 2.24) is 0 Å². The Balaban J connectivity index is 3.11. The van der Waals surface area contributed by atoms with Gasteiger partial charge in [0.15, 0.2) is 0 Å². The van der Waals surface area contributed by atoms with Crippen LogP contribution < -0.4 is 4.74 Å². The van der Waals surface area contributed by atoms with E-state index in [0.29, 0.717) is 12.2 Å². The van der Waals surface area contributed by atoms with Crippen LogP contribution in [0.5, 0.6) is 5.75 Å². The lowest BCUT2D eigenvalue weighted by molar-refractivity contribution is -0.0548. The maximum Gasteiger partial charge on any atom is 0.523 e. The minimum atomic E-state index is -5.61. The van der Waals surface area contributed by atoms with Crippen LogP contribution in [0.15, 0.2) is 12.1 Å². The molecule has 0 aliphatic carbocycles. The first kappa shape index (κ1) is 17.8. The molecule has 4 nitrogen and oxygen atoms in total. The van der Waals surface area contributed by atoms with Crippen LogP contribution in [-0.2, 0) is 33.7 Å². The van der Waals surface area contributed by atoms with Crippen molar-refractivity contribution in [3.63, 3.8) is 0 Å². The van der Waals surface area contributed by atoms with Crippen molar-refractivity contribution in [1.29, 1.82) is 0 Å². The van der Waals surface area contributed by atoms with Gasteiger partial charge in [0.1, 0.15) is 5.75 Å². The van der Waals surface area contributed by atoms with Crippen molar-refractivity contribution >= 4 is 10.1 Å². The van der Waals surface area contributed by atoms with Crippen LogP contribution in [0, 0.1) is 0 Å². The fourth-order valence-corrected chi connectivity index (χ4v) is 2.43. The molecular weight excluding hydrogens is 309 g/mol. The van der Waals surface area contributed by atoms with Crippen molar-refractivity contribution < 1.29 is 30.5 Å². The summed E-state index contributed by atoms with van der Waals surface area (Å²) >= 11 is 0. The standard InChI is InChI=1S/C13H17F3O4S/c1-4-9-6-7-10(12(19-3)11(9)5-2)8-20-21(17,18)13(14,15)16/h6-7H,4-5,8H2,1-3H3. The Morgan fingerprint density at radius 1 is 1.10 bits per heavy atom. The maximum absolute atomic E-state index is 12.2. The highest BCUT2D eigenvalue weighted by molar-refractivity contribution is 7.87. The van der Waals surface area contributed by atoms with Gasteiger partial charge >= 0.3 is 15.6 Å². The number of aryl methyl sites for hydroxylation is 1. The molecule has 0 amide bonds. The zero-order valence-electron chi connectivity index (χ0n) is 12.0. The molecule has 0 aromatic heterocycles. The molecule has 8 heteroatoms. The summed E-state index contributed by atoms with van der Waals surface area (Å²) in [6, 6.07) is 3.25. The number of benzene rings is 1. The summed E-state index contributed by atoms with van der Waals surface area (Å²) in [5, 5.41) is 0. The van der Waals surface area contributed by atoms with Gasteiger partial charge in [-0.1, -0.05) is 26.0 Å². The molecule has 0 N–H and O–H groups in total. The molecule has 0 aliphatic rings. The first-order valence-electron chi connectivity index (χ1n) is 6.31. The van der Waals surface area contributed by atoms with E-state index in [9.17, 15) is 21.6 Å². The van der Waals surface area contributed by atoms with E-state index in [1.807, 2.05) is 13.8 Å². The average Bonchev–Trinajstić information content (AvgIpc) is 2.42. The van der Waals surface area contributed by atoms with Gasteiger partial charge in [-0.2, -0.15) is 21.6 Å². The molecule has 0 saturated heterocycles. The van der Waals surface area contributed by atoms with Gasteiger partial charge in [-0.25, -0.2) is 0 Å². The number of alkyl halides is 3. The van der Waals surface area contributed by atoms with Crippen molar-refractivity contribution in [3.05, 3.63) is 28.8 Å². The first-order valence-corrected chi connectivity index (χ1v) is 7.72. The van der Waals surface area contributed by atoms with Gasteiger partial charge in [0.2, 0.25) is 0 Å². The van der Waals surface area contributed by atoms with Crippen molar-refractivity contribution in [2.24, 2.45) is 0 Å². The van der Waals surface area contributed by atoms with E-state index in [2.05, 4.69) is 4.18 Å². The molecule has 0 atom stereocenters. The molecule has 1 aromatic rings. The van der Waals surface area contributed by atoms with Gasteiger partial charge in [0, 0.05) is 5.56 Å². The second kappa shape index (κ2) is 6.65. The van der Waals surface area contributed by atoms with Gasteiger partial charge in [-0.15, -0.1) is 0 Å². The Labute approximate surface area is 122 Å². The van der Waals surface area contributed by atoms with Crippen LogP contribution in [0.4, 0.5) is 13.2 Å². The number of hydrogen-bond donors (Lipinski definition) is 0. The summed E-state index contributed by atoms with van der Waals surface area (Å²) in [7, 11) is -4.23. The predicted octanol–water partition coefficient (Wildman–Crippen LogP) is 3.19. The quantitative estimate of drug-likeness (QED) is 0.595. The van der Waals surface area contributed by atoms with E-state index >= 15 is 0 Å². The van der Waals surface area contributed by atoms with Crippen molar-refractivity contribution in [3.8, 4) is 5.75 Å². The third-order valence-electron chi connectivity index (χ3n) is 3.03. The summed E-state index contributed by atoms with van der Waals surface area (Å²) in [6.45, 7) is 3.11. The Morgan fingerprint density at radius 2 is 1.67 bits per heavy atom. The lowest BCUT2D eigenvalue weighted by Crippen LogP contribution is -2.25. The molecule has 0 spiro atoms. The summed E-state index contributed by atoms with van der Waals surface area (Å²) < 4.78 is 67.8. The SMILES string of the molecule is CCc1ccc(COS(=O)(=O)C(F)(F)F)c(OC)c1CC. The third-order valence-corrected chi connectivity index (χ3v) is 4.03. The summed E-state index contributed by atoms with van der Waals surface area (Å²) in [4.78, 5) is 0. The normalized spacial score (nSPS) is 12.5. The van der Waals surface area contributed by atoms with Crippen LogP contribution in [0.2, 0.25) is 0 Å². The molecular formula is C13H17F3O4S. The number of halogens is 3. The zero-order chi connectivity index (χ0) is 16.3. The second-order valence-corrected chi connectivity index (χ2v) is 5.87. The molecule has 21 heavy (non-hydrogen) atoms. The topological polar surface area (TPSA) is 52.6 Å². The molecule has 0 unspecified atom stereocenters. The Bertz CT molecular complexity index is 594. The van der Waals surface area contributed by atoms with Gasteiger partial charge in [0.25, 0.3) is 0 Å². The average molecular weight is 326 g/mol. The summed E-state index contributed by atoms with van der Waals surface area (Å²) in [5.41, 5.74) is -3.33. The molecule has 0 radical (unpaired) electrons. The van der Waals surface area contributed by atoms with Crippen LogP contribution >= 0.6 is 0 Å². The lowest BCUT2D eigenvalue weighted by Gasteiger charge is -2.16. The van der Waals surface area contributed by atoms with Gasteiger partial charge in [-0.3, -0.25) is 4.18 Å². The molecule has 1 aromatic carbocycles. The Hall–Kier alpha value is -1.28. The van der Waals surface area contributed by atoms with Crippen molar-refractivity contribution in [2.45, 2.75) is 38.8 Å². The zero-order valence-corrected chi connectivity index (χ0v) is 12.8. The van der Waals surface area contributed by atoms with Crippen LogP contribution in [0.1, 0.15) is 30.5 Å². The minimum absolute atomic E-state index is 0.263. The summed E-state index contributed by atoms with van der Waals surface area (Å²) in [6.07, 6.45) is 1.35. The molecule has 0 saturated carbocycles. The molecule has 1 rings (SSSR count). The Kier molecular flexibility index (Phi) is 5.63. The largest absolute Gasteiger partial charge is 0.523 e. The summed E-state index contributed by atoms with van der Waals surface area (Å²) in [5.74, 6) is 0.370. The van der Waals surface area contributed by atoms with Gasteiger partial charge in [-0.05, 0) is 24.0 Å². The van der Waals surface area contributed by atoms with Crippen LogP contribution in [-0.4, -0.2) is 21.0 Å². The van der Waals surface area contributed by atoms with E-state index in [-0.39, 0.29) is 5.56 Å². The minimum Gasteiger partial charge on any atom is -0.496 e. The molecule has 0 bridgehead atoms. The third kappa shape index (κ3) is 3.88. The molecule has 0 fully saturated rings. The maximum atomic E-state index is 12.2. The molecule has 0 heterocycles. The highest BCUT2D eigenvalue weighted by Crippen LogP contribution is 2.31. The highest BCUT2D eigenvalue weighted by atomic mass is 32.2. The van der Waals surface area contributed by atoms with Crippen molar-refractivity contribution in [2.75, 3.05) is 7.11 Å². The van der Waals surface area contributed by atoms with E-state index in [0.717, 1.165) is 17.5 Å². The van der Waals surface area contributed by atoms with Crippen LogP contribution in [0.25, 0.3) is 0 Å². The monoisotopic (exact) mass is 326 g/mol. The number of ether oxygens (including phenoxy) is 1. The van der Waals surface area contributed by atoms with E-state index < -0.39 is 22.2 Å². The smallest absolute Gasteiger partial charge is 0.496 e. The van der Waals surface area contributed by atoms with Gasteiger partial charge < -0.3 is 4.74 Å². The van der Waals surface area contributed by atoms with Crippen LogP contribution in [0.3, 0.4) is 0 Å². The second-order valence-electron chi connectivity index (χ2n) is 4.26. The fourth-order valence-electron chi connectivity index (χ4n) is 2.01. The lowest BCUT2D eigenvalue weighted by atomic mass is 9.98. The van der Waals surface area contributed by atoms with Gasteiger partial charge in [0.05, 0.1) is 13.7 Å². The predicted molar refractivity (Wildman–Crippen MR) is 71.5 cm³/mol. The van der Waals surface area contributed by atoms with E-state index in [1.165, 1.54) is 13.2 Å². The number of methoxy groups -OCH3 is 1. The number of hydrogen-bond acceptors (Lipinski definition) is 4. The number of rotatable bonds is 6. The highest BCUT2D eigenvalue weighted by Gasteiger charge is 2.47.